The number of nitrogens with zero attached hydrogens (tertiary/aromatic N) is 3. The van der Waals surface area contributed by atoms with Crippen LogP contribution in [0.15, 0.2) is 53.3 Å². The van der Waals surface area contributed by atoms with Gasteiger partial charge in [0.2, 0.25) is 0 Å². The van der Waals surface area contributed by atoms with E-state index >= 15 is 0 Å². The lowest BCUT2D eigenvalue weighted by molar-refractivity contribution is 0.0301. The number of nitrogens with one attached hydrogen (secondary N) is 1. The fourth-order valence-corrected chi connectivity index (χ4v) is 4.47. The molecule has 1 fully saturated rings. The number of hydrogen-bond donors (Lipinski definition) is 2. The zero-order valence-electron chi connectivity index (χ0n) is 20.6. The zero-order valence-corrected chi connectivity index (χ0v) is 20.6. The van der Waals surface area contributed by atoms with E-state index in [4.69, 9.17) is 19.6 Å². The van der Waals surface area contributed by atoms with Gasteiger partial charge in [-0.3, -0.25) is 4.79 Å². The van der Waals surface area contributed by atoms with Crippen LogP contribution in [0.4, 0.5) is 11.5 Å². The van der Waals surface area contributed by atoms with Crippen molar-refractivity contribution >= 4 is 28.3 Å². The molecule has 4 aromatic rings. The molecule has 1 amide bonds. The summed E-state index contributed by atoms with van der Waals surface area (Å²) in [5.41, 5.74) is 11.0. The quantitative estimate of drug-likeness (QED) is 0.384. The van der Waals surface area contributed by atoms with Crippen molar-refractivity contribution in [2.75, 3.05) is 44.5 Å². The van der Waals surface area contributed by atoms with Gasteiger partial charge in [0, 0.05) is 29.7 Å². The highest BCUT2D eigenvalue weighted by Gasteiger charge is 2.24. The summed E-state index contributed by atoms with van der Waals surface area (Å²) < 4.78 is 16.2. The largest absolute Gasteiger partial charge is 0.496 e. The number of furan rings is 1. The molecule has 0 aliphatic carbocycles. The van der Waals surface area contributed by atoms with Crippen LogP contribution in [0.5, 0.6) is 5.75 Å². The maximum Gasteiger partial charge on any atom is 0.257 e. The van der Waals surface area contributed by atoms with Crippen LogP contribution in [0.3, 0.4) is 0 Å². The van der Waals surface area contributed by atoms with Crippen LogP contribution in [0, 0.1) is 6.92 Å². The highest BCUT2D eigenvalue weighted by Crippen LogP contribution is 2.33. The predicted octanol–water partition coefficient (Wildman–Crippen LogP) is 4.43. The number of morpholine rings is 1. The van der Waals surface area contributed by atoms with Crippen molar-refractivity contribution in [1.82, 2.24) is 14.9 Å². The smallest absolute Gasteiger partial charge is 0.257 e. The number of carbonyl (C=O) groups excluding carboxylic acids is 1. The van der Waals surface area contributed by atoms with Crippen LogP contribution in [-0.4, -0.2) is 54.2 Å². The van der Waals surface area contributed by atoms with Crippen LogP contribution in [0.2, 0.25) is 0 Å². The maximum absolute atomic E-state index is 13.2. The van der Waals surface area contributed by atoms with Gasteiger partial charge in [-0.2, -0.15) is 0 Å². The summed E-state index contributed by atoms with van der Waals surface area (Å²) in [5.74, 6) is 1.64. The van der Waals surface area contributed by atoms with Crippen molar-refractivity contribution < 1.29 is 18.7 Å². The van der Waals surface area contributed by atoms with E-state index in [1.165, 1.54) is 0 Å². The van der Waals surface area contributed by atoms with E-state index in [0.29, 0.717) is 60.5 Å². The van der Waals surface area contributed by atoms with Gasteiger partial charge in [-0.15, -0.1) is 0 Å². The number of fused-ring (bicyclic) bond motifs is 1. The first-order chi connectivity index (χ1) is 17.4. The lowest BCUT2D eigenvalue weighted by Gasteiger charge is -2.27. The minimum atomic E-state index is -0.114. The van der Waals surface area contributed by atoms with Gasteiger partial charge in [-0.1, -0.05) is 0 Å². The number of hydrogen-bond acceptors (Lipinski definition) is 8. The number of ether oxygens (including phenoxy) is 2. The minimum Gasteiger partial charge on any atom is -0.496 e. The number of benzene rings is 2. The van der Waals surface area contributed by atoms with E-state index in [1.54, 1.807) is 30.6 Å². The molecule has 3 heterocycles. The average Bonchev–Trinajstić information content (AvgIpc) is 3.43. The van der Waals surface area contributed by atoms with E-state index in [-0.39, 0.29) is 11.9 Å². The molecule has 9 nitrogen and oxygen atoms in total. The summed E-state index contributed by atoms with van der Waals surface area (Å²) in [6.07, 6.45) is 3.33. The SMILES string of the molecule is COc1cc2c(NC(C)c3cc(N)cc(-c4ccoc4)c3)nc(C)nc2cc1C(=O)N1CCOCC1. The van der Waals surface area contributed by atoms with Crippen LogP contribution < -0.4 is 15.8 Å². The van der Waals surface area contributed by atoms with Gasteiger partial charge >= 0.3 is 0 Å². The Kier molecular flexibility index (Phi) is 6.47. The summed E-state index contributed by atoms with van der Waals surface area (Å²) in [6, 6.07) is 11.3. The van der Waals surface area contributed by atoms with E-state index in [1.807, 2.05) is 38.1 Å². The standard InChI is InChI=1S/C27H29N5O4/c1-16(19-10-20(12-21(28)11-19)18-4-7-36-15-18)29-26-22-14-25(34-3)23(13-24(22)30-17(2)31-26)27(33)32-5-8-35-9-6-32/h4,7,10-16H,5-6,8-9,28H2,1-3H3,(H,29,30,31). The molecule has 5 rings (SSSR count). The summed E-state index contributed by atoms with van der Waals surface area (Å²) in [7, 11) is 1.56. The molecule has 36 heavy (non-hydrogen) atoms. The van der Waals surface area contributed by atoms with E-state index in [0.717, 1.165) is 22.1 Å². The van der Waals surface area contributed by atoms with Gasteiger partial charge in [0.15, 0.2) is 0 Å². The lowest BCUT2D eigenvalue weighted by atomic mass is 10.0. The molecule has 2 aromatic heterocycles. The van der Waals surface area contributed by atoms with Gasteiger partial charge in [-0.25, -0.2) is 9.97 Å². The molecule has 3 N–H and O–H groups in total. The molecule has 1 aliphatic rings. The number of rotatable bonds is 6. The third kappa shape index (κ3) is 4.70. The van der Waals surface area contributed by atoms with E-state index < -0.39 is 0 Å². The Morgan fingerprint density at radius 2 is 1.94 bits per heavy atom. The average molecular weight is 488 g/mol. The van der Waals surface area contributed by atoms with Crippen LogP contribution in [0.25, 0.3) is 22.0 Å². The van der Waals surface area contributed by atoms with Gasteiger partial charge in [0.05, 0.1) is 50.0 Å². The molecule has 9 heteroatoms. The van der Waals surface area contributed by atoms with E-state index in [2.05, 4.69) is 21.4 Å². The first-order valence-electron chi connectivity index (χ1n) is 11.9. The molecule has 0 saturated carbocycles. The number of aryl methyl sites for hydroxylation is 1. The number of nitrogen functional groups attached to an aromatic ring is 1. The number of carbonyl (C=O) groups is 1. The zero-order chi connectivity index (χ0) is 25.2. The van der Waals surface area contributed by atoms with Gasteiger partial charge < -0.3 is 29.8 Å². The highest BCUT2D eigenvalue weighted by atomic mass is 16.5. The molecule has 0 spiro atoms. The van der Waals surface area contributed by atoms with E-state index in [9.17, 15) is 4.79 Å². The van der Waals surface area contributed by atoms with Gasteiger partial charge in [0.25, 0.3) is 5.91 Å². The lowest BCUT2D eigenvalue weighted by Crippen LogP contribution is -2.40. The molecule has 1 unspecified atom stereocenters. The Morgan fingerprint density at radius 3 is 2.67 bits per heavy atom. The number of aromatic nitrogens is 2. The van der Waals surface area contributed by atoms with Crippen molar-refractivity contribution in [3.05, 3.63) is 65.9 Å². The minimum absolute atomic E-state index is 0.0947. The summed E-state index contributed by atoms with van der Waals surface area (Å²) in [6.45, 7) is 6.04. The van der Waals surface area contributed by atoms with Crippen LogP contribution in [0.1, 0.15) is 34.7 Å². The summed E-state index contributed by atoms with van der Waals surface area (Å²) >= 11 is 0. The van der Waals surface area contributed by atoms with Crippen LogP contribution >= 0.6 is 0 Å². The summed E-state index contributed by atoms with van der Waals surface area (Å²) in [4.78, 5) is 24.3. The molecular formula is C27H29N5O4. The topological polar surface area (TPSA) is 116 Å². The monoisotopic (exact) mass is 487 g/mol. The molecule has 2 aromatic carbocycles. The Balaban J connectivity index is 1.50. The molecule has 1 aliphatic heterocycles. The molecule has 1 atom stereocenters. The third-order valence-electron chi connectivity index (χ3n) is 6.34. The van der Waals surface area contributed by atoms with Crippen molar-refractivity contribution in [2.45, 2.75) is 19.9 Å². The van der Waals surface area contributed by atoms with Gasteiger partial charge in [-0.05, 0) is 61.4 Å². The Labute approximate surface area is 209 Å². The molecule has 1 saturated heterocycles. The van der Waals surface area contributed by atoms with Crippen LogP contribution in [-0.2, 0) is 4.74 Å². The van der Waals surface area contributed by atoms with Crippen molar-refractivity contribution in [2.24, 2.45) is 0 Å². The number of methoxy groups -OCH3 is 1. The molecule has 186 valence electrons. The Morgan fingerprint density at radius 1 is 1.14 bits per heavy atom. The maximum atomic E-state index is 13.2. The normalized spacial score (nSPS) is 14.6. The van der Waals surface area contributed by atoms with Crippen molar-refractivity contribution in [3.63, 3.8) is 0 Å². The first-order valence-corrected chi connectivity index (χ1v) is 11.9. The third-order valence-corrected chi connectivity index (χ3v) is 6.34. The first kappa shape index (κ1) is 23.6. The Bertz CT molecular complexity index is 1400. The van der Waals surface area contributed by atoms with Crippen molar-refractivity contribution in [1.29, 1.82) is 0 Å². The Hall–Kier alpha value is -4.11. The molecule has 0 bridgehead atoms. The fraction of sp³-hybridized carbons (Fsp3) is 0.296. The number of anilines is 2. The second kappa shape index (κ2) is 9.87. The number of nitrogens with two attached hydrogens (primary N) is 1. The molecule has 0 radical (unpaired) electrons. The summed E-state index contributed by atoms with van der Waals surface area (Å²) in [5, 5.41) is 4.27. The number of amides is 1. The second-order valence-corrected chi connectivity index (χ2v) is 8.86. The second-order valence-electron chi connectivity index (χ2n) is 8.86. The predicted molar refractivity (Wildman–Crippen MR) is 138 cm³/mol. The van der Waals surface area contributed by atoms with Gasteiger partial charge in [0.1, 0.15) is 17.4 Å². The highest BCUT2D eigenvalue weighted by molar-refractivity contribution is 6.03. The molecular weight excluding hydrogens is 458 g/mol. The van der Waals surface area contributed by atoms with Crippen molar-refractivity contribution in [3.8, 4) is 16.9 Å². The fourth-order valence-electron chi connectivity index (χ4n) is 4.47.